The highest BCUT2D eigenvalue weighted by Gasteiger charge is 2.30. The molecule has 0 bridgehead atoms. The average molecular weight is 429 g/mol. The van der Waals surface area contributed by atoms with Crippen LogP contribution in [0.1, 0.15) is 28.8 Å². The van der Waals surface area contributed by atoms with E-state index in [-0.39, 0.29) is 11.6 Å². The number of nitrogens with one attached hydrogen (secondary N) is 2. The van der Waals surface area contributed by atoms with Crippen LogP contribution in [0.5, 0.6) is 0 Å². The van der Waals surface area contributed by atoms with Gasteiger partial charge < -0.3 is 10.7 Å². The topological polar surface area (TPSA) is 69.1 Å². The molecule has 32 heavy (non-hydrogen) atoms. The molecule has 1 aliphatic rings. The van der Waals surface area contributed by atoms with E-state index in [1.54, 1.807) is 29.3 Å². The van der Waals surface area contributed by atoms with E-state index in [0.717, 1.165) is 36.4 Å². The van der Waals surface area contributed by atoms with E-state index >= 15 is 4.39 Å². The summed E-state index contributed by atoms with van der Waals surface area (Å²) in [6.07, 6.45) is 7.79. The second kappa shape index (κ2) is 9.66. The summed E-state index contributed by atoms with van der Waals surface area (Å²) < 4.78 is 15.1. The van der Waals surface area contributed by atoms with Crippen molar-refractivity contribution >= 4 is 34.3 Å². The first-order chi connectivity index (χ1) is 15.6. The molecule has 162 valence electrons. The van der Waals surface area contributed by atoms with Gasteiger partial charge in [-0.15, -0.1) is 0 Å². The predicted molar refractivity (Wildman–Crippen MR) is 128 cm³/mol. The van der Waals surface area contributed by atoms with Crippen molar-refractivity contribution in [3.8, 4) is 0 Å². The van der Waals surface area contributed by atoms with Crippen LogP contribution in [0.15, 0.2) is 73.5 Å². The Kier molecular flexibility index (Phi) is 6.52. The number of benzene rings is 2. The molecule has 0 unspecified atom stereocenters. The molecule has 0 saturated carbocycles. The fraction of sp³-hybridized carbons (Fsp3) is 0.192. The van der Waals surface area contributed by atoms with Crippen molar-refractivity contribution in [3.63, 3.8) is 0 Å². The minimum Gasteiger partial charge on any atom is -0.315 e. The lowest BCUT2D eigenvalue weighted by atomic mass is 10.0. The lowest BCUT2D eigenvalue weighted by Gasteiger charge is -2.34. The fourth-order valence-corrected chi connectivity index (χ4v) is 4.07. The molecule has 2 heterocycles. The van der Waals surface area contributed by atoms with Crippen LogP contribution in [0.2, 0.25) is 0 Å². The maximum atomic E-state index is 15.1. The molecule has 1 aliphatic heterocycles. The largest absolute Gasteiger partial charge is 0.315 e. The Morgan fingerprint density at radius 1 is 1.22 bits per heavy atom. The molecule has 3 aromatic rings. The van der Waals surface area contributed by atoms with Gasteiger partial charge in [0.2, 0.25) is 0 Å². The van der Waals surface area contributed by atoms with Gasteiger partial charge in [0, 0.05) is 24.3 Å². The molecule has 1 saturated heterocycles. The van der Waals surface area contributed by atoms with Gasteiger partial charge in [0.25, 0.3) is 5.91 Å². The Hall–Kier alpha value is -3.64. The summed E-state index contributed by atoms with van der Waals surface area (Å²) in [4.78, 5) is 19.8. The monoisotopic (exact) mass is 428 g/mol. The van der Waals surface area contributed by atoms with E-state index in [1.165, 1.54) is 12.1 Å². The van der Waals surface area contributed by atoms with Gasteiger partial charge in [0.15, 0.2) is 0 Å². The Labute approximate surface area is 186 Å². The number of carbonyl (C=O) groups excluding carboxylic acids is 1. The van der Waals surface area contributed by atoms with Gasteiger partial charge in [-0.1, -0.05) is 49.1 Å². The number of anilines is 1. The lowest BCUT2D eigenvalue weighted by molar-refractivity contribution is 0.0967. The SMILES string of the molecule is C=C/C=C(\C=N)c1ccc(C(=O)N(c2cc3ccccc3cn2)[C@@H]2CCCNC2)c(F)c1. The number of pyridine rings is 1. The van der Waals surface area contributed by atoms with Crippen LogP contribution < -0.4 is 10.2 Å². The molecule has 0 radical (unpaired) electrons. The van der Waals surface area contributed by atoms with E-state index in [1.807, 2.05) is 30.3 Å². The highest BCUT2D eigenvalue weighted by molar-refractivity contribution is 6.10. The van der Waals surface area contributed by atoms with E-state index in [4.69, 9.17) is 5.41 Å². The van der Waals surface area contributed by atoms with Crippen molar-refractivity contribution in [2.75, 3.05) is 18.0 Å². The van der Waals surface area contributed by atoms with Crippen LogP contribution in [0, 0.1) is 11.2 Å². The predicted octanol–water partition coefficient (Wildman–Crippen LogP) is 4.99. The van der Waals surface area contributed by atoms with Gasteiger partial charge in [-0.05, 0) is 54.1 Å². The zero-order valence-electron chi connectivity index (χ0n) is 17.7. The normalized spacial score (nSPS) is 16.5. The number of hydrogen-bond donors (Lipinski definition) is 2. The van der Waals surface area contributed by atoms with Crippen LogP contribution in [0.3, 0.4) is 0 Å². The lowest BCUT2D eigenvalue weighted by Crippen LogP contribution is -2.49. The standard InChI is InChI=1S/C26H25FN4O/c1-2-6-20(15-28)19-10-11-23(24(27)13-19)26(32)31(22-9-5-12-29-17-22)25-14-18-7-3-4-8-21(18)16-30-25/h2-4,6-8,10-11,13-16,22,28-29H,1,5,9,12,17H2/b20-6+,28-15?/t22-/m1/s1. The average Bonchev–Trinajstić information content (AvgIpc) is 2.83. The van der Waals surface area contributed by atoms with Gasteiger partial charge in [0.1, 0.15) is 11.6 Å². The van der Waals surface area contributed by atoms with Crippen molar-refractivity contribution in [1.82, 2.24) is 10.3 Å². The zero-order chi connectivity index (χ0) is 22.5. The smallest absolute Gasteiger partial charge is 0.262 e. The molecule has 2 N–H and O–H groups in total. The van der Waals surface area contributed by atoms with Gasteiger partial charge in [-0.25, -0.2) is 9.37 Å². The molecule has 0 aliphatic carbocycles. The van der Waals surface area contributed by atoms with Crippen molar-refractivity contribution in [2.24, 2.45) is 0 Å². The molecule has 5 nitrogen and oxygen atoms in total. The van der Waals surface area contributed by atoms with Crippen molar-refractivity contribution in [2.45, 2.75) is 18.9 Å². The van der Waals surface area contributed by atoms with E-state index < -0.39 is 11.7 Å². The van der Waals surface area contributed by atoms with Gasteiger partial charge in [0.05, 0.1) is 11.6 Å². The van der Waals surface area contributed by atoms with Crippen LogP contribution in [-0.4, -0.2) is 36.2 Å². The number of aromatic nitrogens is 1. The quantitative estimate of drug-likeness (QED) is 0.429. The highest BCUT2D eigenvalue weighted by atomic mass is 19.1. The number of amides is 1. The summed E-state index contributed by atoms with van der Waals surface area (Å²) in [5.74, 6) is -0.536. The van der Waals surface area contributed by atoms with Crippen molar-refractivity contribution < 1.29 is 9.18 Å². The summed E-state index contributed by atoms with van der Waals surface area (Å²) >= 11 is 0. The molecule has 2 aromatic carbocycles. The number of halogens is 1. The summed E-state index contributed by atoms with van der Waals surface area (Å²) in [6.45, 7) is 5.15. The summed E-state index contributed by atoms with van der Waals surface area (Å²) in [7, 11) is 0. The van der Waals surface area contributed by atoms with E-state index in [0.29, 0.717) is 23.5 Å². The van der Waals surface area contributed by atoms with Crippen LogP contribution in [-0.2, 0) is 0 Å². The van der Waals surface area contributed by atoms with E-state index in [9.17, 15) is 4.79 Å². The molecule has 1 fully saturated rings. The molecule has 6 heteroatoms. The number of piperidine rings is 1. The third-order valence-corrected chi connectivity index (χ3v) is 5.70. The molecule has 0 spiro atoms. The maximum absolute atomic E-state index is 15.1. The minimum absolute atomic E-state index is 0.0165. The van der Waals surface area contributed by atoms with Crippen molar-refractivity contribution in [1.29, 1.82) is 5.41 Å². The third-order valence-electron chi connectivity index (χ3n) is 5.70. The summed E-state index contributed by atoms with van der Waals surface area (Å²) in [6, 6.07) is 14.0. The van der Waals surface area contributed by atoms with Crippen LogP contribution in [0.25, 0.3) is 16.3 Å². The minimum atomic E-state index is -0.626. The first-order valence-electron chi connectivity index (χ1n) is 10.6. The second-order valence-electron chi connectivity index (χ2n) is 7.76. The third kappa shape index (κ3) is 4.36. The van der Waals surface area contributed by atoms with Gasteiger partial charge in [-0.2, -0.15) is 0 Å². The summed E-state index contributed by atoms with van der Waals surface area (Å²) in [5, 5.41) is 12.8. The molecular formula is C26H25FN4O. The molecule has 1 aromatic heterocycles. The van der Waals surface area contributed by atoms with E-state index in [2.05, 4.69) is 16.9 Å². The number of carbonyl (C=O) groups is 1. The molecular weight excluding hydrogens is 403 g/mol. The number of rotatable bonds is 6. The molecule has 4 rings (SSSR count). The van der Waals surface area contributed by atoms with Crippen LogP contribution in [0.4, 0.5) is 10.2 Å². The second-order valence-corrected chi connectivity index (χ2v) is 7.76. The number of nitrogens with zero attached hydrogens (tertiary/aromatic N) is 2. The van der Waals surface area contributed by atoms with Gasteiger partial charge in [-0.3, -0.25) is 9.69 Å². The van der Waals surface area contributed by atoms with Gasteiger partial charge >= 0.3 is 0 Å². The van der Waals surface area contributed by atoms with Crippen LogP contribution >= 0.6 is 0 Å². The Morgan fingerprint density at radius 2 is 2.03 bits per heavy atom. The maximum Gasteiger partial charge on any atom is 0.262 e. The number of allylic oxidation sites excluding steroid dienone is 3. The highest BCUT2D eigenvalue weighted by Crippen LogP contribution is 2.27. The number of hydrogen-bond acceptors (Lipinski definition) is 4. The zero-order valence-corrected chi connectivity index (χ0v) is 17.7. The Balaban J connectivity index is 1.75. The first kappa shape index (κ1) is 21.6. The first-order valence-corrected chi connectivity index (χ1v) is 10.6. The summed E-state index contributed by atoms with van der Waals surface area (Å²) in [5.41, 5.74) is 1.02. The fourth-order valence-electron chi connectivity index (χ4n) is 4.07. The number of fused-ring (bicyclic) bond motifs is 1. The Bertz CT molecular complexity index is 1200. The van der Waals surface area contributed by atoms with Crippen molar-refractivity contribution in [3.05, 3.63) is 90.4 Å². The molecule has 1 amide bonds. The Morgan fingerprint density at radius 3 is 2.72 bits per heavy atom. The molecule has 1 atom stereocenters.